The highest BCUT2D eigenvalue weighted by molar-refractivity contribution is 7.92. The molecule has 2 aromatic carbocycles. The van der Waals surface area contributed by atoms with E-state index in [1.54, 1.807) is 4.72 Å². The van der Waals surface area contributed by atoms with Crippen LogP contribution in [0.5, 0.6) is 0 Å². The molecule has 1 heterocycles. The van der Waals surface area contributed by atoms with Crippen LogP contribution in [0.1, 0.15) is 11.1 Å². The van der Waals surface area contributed by atoms with Gasteiger partial charge in [-0.3, -0.25) is 4.72 Å². The van der Waals surface area contributed by atoms with Gasteiger partial charge in [0.25, 0.3) is 10.0 Å². The van der Waals surface area contributed by atoms with Crippen molar-refractivity contribution >= 4 is 15.7 Å². The number of anilines is 1. The van der Waals surface area contributed by atoms with Gasteiger partial charge in [0.05, 0.1) is 27.4 Å². The van der Waals surface area contributed by atoms with Crippen LogP contribution in [0.3, 0.4) is 0 Å². The molecule has 0 unspecified atom stereocenters. The Bertz CT molecular complexity index is 1080. The quantitative estimate of drug-likeness (QED) is 0.631. The minimum Gasteiger partial charge on any atom is -0.280 e. The standard InChI is InChI=1S/C15H9F6N5O2S/c16-14(17,18)9-5-10(15(19,20)21)7-11(6-9)23-29(27,28)13-3-1-12(2-4-13)26-8-22-24-25-26/h1-8,23H. The van der Waals surface area contributed by atoms with E-state index in [-0.39, 0.29) is 23.1 Å². The van der Waals surface area contributed by atoms with Gasteiger partial charge in [0, 0.05) is 0 Å². The maximum atomic E-state index is 12.9. The van der Waals surface area contributed by atoms with Crippen LogP contribution in [0.4, 0.5) is 32.0 Å². The smallest absolute Gasteiger partial charge is 0.280 e. The number of sulfonamides is 1. The number of tetrazole rings is 1. The third kappa shape index (κ3) is 4.64. The van der Waals surface area contributed by atoms with E-state index in [4.69, 9.17) is 0 Å². The zero-order valence-electron chi connectivity index (χ0n) is 13.9. The second-order valence-corrected chi connectivity index (χ2v) is 7.33. The molecule has 0 amide bonds. The van der Waals surface area contributed by atoms with Gasteiger partial charge in [-0.1, -0.05) is 0 Å². The largest absolute Gasteiger partial charge is 0.416 e. The Morgan fingerprint density at radius 1 is 0.862 bits per heavy atom. The molecule has 0 saturated carbocycles. The number of nitrogens with zero attached hydrogens (tertiary/aromatic N) is 4. The number of rotatable bonds is 4. The van der Waals surface area contributed by atoms with Crippen molar-refractivity contribution < 1.29 is 34.8 Å². The lowest BCUT2D eigenvalue weighted by Crippen LogP contribution is -2.16. The molecule has 3 aromatic rings. The summed E-state index contributed by atoms with van der Waals surface area (Å²) >= 11 is 0. The Balaban J connectivity index is 1.95. The Kier molecular flexibility index (Phi) is 4.98. The average molecular weight is 437 g/mol. The molecule has 29 heavy (non-hydrogen) atoms. The van der Waals surface area contributed by atoms with E-state index in [0.29, 0.717) is 5.69 Å². The molecule has 1 aromatic heterocycles. The minimum absolute atomic E-state index is 0.0985. The average Bonchev–Trinajstić information content (AvgIpc) is 3.14. The van der Waals surface area contributed by atoms with Crippen LogP contribution in [0.15, 0.2) is 53.7 Å². The lowest BCUT2D eigenvalue weighted by molar-refractivity contribution is -0.143. The van der Waals surface area contributed by atoms with E-state index in [1.807, 2.05) is 0 Å². The summed E-state index contributed by atoms with van der Waals surface area (Å²) in [4.78, 5) is -0.389. The van der Waals surface area contributed by atoms with Gasteiger partial charge in [0.2, 0.25) is 0 Å². The second kappa shape index (κ2) is 7.02. The van der Waals surface area contributed by atoms with E-state index < -0.39 is 39.2 Å². The second-order valence-electron chi connectivity index (χ2n) is 5.65. The summed E-state index contributed by atoms with van der Waals surface area (Å²) in [6.07, 6.45) is -8.97. The Labute approximate surface area is 159 Å². The van der Waals surface area contributed by atoms with Gasteiger partial charge in [0.1, 0.15) is 6.33 Å². The first kappa shape index (κ1) is 20.6. The fourth-order valence-electron chi connectivity index (χ4n) is 2.29. The molecule has 154 valence electrons. The van der Waals surface area contributed by atoms with E-state index in [9.17, 15) is 34.8 Å². The fourth-order valence-corrected chi connectivity index (χ4v) is 3.33. The van der Waals surface area contributed by atoms with Crippen molar-refractivity contribution in [2.24, 2.45) is 0 Å². The van der Waals surface area contributed by atoms with Crippen molar-refractivity contribution in [3.05, 3.63) is 59.9 Å². The molecule has 14 heteroatoms. The zero-order chi connectivity index (χ0) is 21.4. The summed E-state index contributed by atoms with van der Waals surface area (Å²) in [5, 5.41) is 10.4. The summed E-state index contributed by atoms with van der Waals surface area (Å²) in [7, 11) is -4.47. The van der Waals surface area contributed by atoms with E-state index in [1.165, 1.54) is 23.1 Å². The first-order valence-corrected chi connectivity index (χ1v) is 9.00. The first-order chi connectivity index (χ1) is 13.4. The van der Waals surface area contributed by atoms with Crippen molar-refractivity contribution in [2.75, 3.05) is 4.72 Å². The van der Waals surface area contributed by atoms with Gasteiger partial charge >= 0.3 is 12.4 Å². The molecule has 7 nitrogen and oxygen atoms in total. The zero-order valence-corrected chi connectivity index (χ0v) is 14.7. The van der Waals surface area contributed by atoms with Crippen LogP contribution >= 0.6 is 0 Å². The monoisotopic (exact) mass is 437 g/mol. The van der Waals surface area contributed by atoms with Crippen LogP contribution in [0.25, 0.3) is 5.69 Å². The summed E-state index contributed by atoms with van der Waals surface area (Å²) < 4.78 is 105. The van der Waals surface area contributed by atoms with Crippen LogP contribution in [-0.2, 0) is 22.4 Å². The predicted octanol–water partition coefficient (Wildman–Crippen LogP) is 3.50. The molecule has 0 spiro atoms. The van der Waals surface area contributed by atoms with Crippen molar-refractivity contribution in [1.82, 2.24) is 20.2 Å². The molecule has 0 saturated heterocycles. The van der Waals surface area contributed by atoms with Crippen LogP contribution in [-0.4, -0.2) is 28.6 Å². The molecule has 0 aliphatic carbocycles. The van der Waals surface area contributed by atoms with Gasteiger partial charge in [-0.25, -0.2) is 13.1 Å². The lowest BCUT2D eigenvalue weighted by atomic mass is 10.1. The van der Waals surface area contributed by atoms with Gasteiger partial charge in [-0.15, -0.1) is 5.10 Å². The SMILES string of the molecule is O=S(=O)(Nc1cc(C(F)(F)F)cc(C(F)(F)F)c1)c1ccc(-n2cnnn2)cc1. The number of hydrogen-bond donors (Lipinski definition) is 1. The highest BCUT2D eigenvalue weighted by Gasteiger charge is 2.37. The van der Waals surface area contributed by atoms with Crippen LogP contribution in [0.2, 0.25) is 0 Å². The number of benzene rings is 2. The molecule has 0 bridgehead atoms. The molecule has 0 aliphatic rings. The van der Waals surface area contributed by atoms with E-state index in [0.717, 1.165) is 12.1 Å². The summed E-state index contributed by atoms with van der Waals surface area (Å²) in [5.41, 5.74) is -3.78. The maximum absolute atomic E-state index is 12.9. The predicted molar refractivity (Wildman–Crippen MR) is 86.4 cm³/mol. The fraction of sp³-hybridized carbons (Fsp3) is 0.133. The Morgan fingerprint density at radius 3 is 1.86 bits per heavy atom. The molecule has 0 radical (unpaired) electrons. The normalized spacial score (nSPS) is 12.8. The molecule has 1 N–H and O–H groups in total. The highest BCUT2D eigenvalue weighted by atomic mass is 32.2. The number of alkyl halides is 6. The van der Waals surface area contributed by atoms with E-state index in [2.05, 4.69) is 15.5 Å². The molecular weight excluding hydrogens is 428 g/mol. The summed E-state index contributed by atoms with van der Waals surface area (Å²) in [6.45, 7) is 0. The van der Waals surface area contributed by atoms with Gasteiger partial charge in [-0.2, -0.15) is 26.3 Å². The third-order valence-corrected chi connectivity index (χ3v) is 5.00. The highest BCUT2D eigenvalue weighted by Crippen LogP contribution is 2.38. The Hall–Kier alpha value is -3.16. The molecular formula is C15H9F6N5O2S. The van der Waals surface area contributed by atoms with Crippen LogP contribution in [0, 0.1) is 0 Å². The Morgan fingerprint density at radius 2 is 1.41 bits per heavy atom. The molecule has 0 atom stereocenters. The van der Waals surface area contributed by atoms with Crippen molar-refractivity contribution in [1.29, 1.82) is 0 Å². The van der Waals surface area contributed by atoms with E-state index >= 15 is 0 Å². The van der Waals surface area contributed by atoms with Gasteiger partial charge < -0.3 is 0 Å². The number of aromatic nitrogens is 4. The number of halogens is 6. The van der Waals surface area contributed by atoms with Gasteiger partial charge in [-0.05, 0) is 52.9 Å². The third-order valence-electron chi connectivity index (χ3n) is 3.60. The minimum atomic E-state index is -5.10. The van der Waals surface area contributed by atoms with Crippen molar-refractivity contribution in [3.8, 4) is 5.69 Å². The molecule has 0 fully saturated rings. The first-order valence-electron chi connectivity index (χ1n) is 7.52. The topological polar surface area (TPSA) is 89.8 Å². The maximum Gasteiger partial charge on any atom is 0.416 e. The number of nitrogens with one attached hydrogen (secondary N) is 1. The lowest BCUT2D eigenvalue weighted by Gasteiger charge is -2.15. The van der Waals surface area contributed by atoms with Gasteiger partial charge in [0.15, 0.2) is 0 Å². The molecule has 0 aliphatic heterocycles. The van der Waals surface area contributed by atoms with Crippen molar-refractivity contribution in [3.63, 3.8) is 0 Å². The van der Waals surface area contributed by atoms with Crippen molar-refractivity contribution in [2.45, 2.75) is 17.2 Å². The van der Waals surface area contributed by atoms with Crippen LogP contribution < -0.4 is 4.72 Å². The number of hydrogen-bond acceptors (Lipinski definition) is 5. The summed E-state index contributed by atoms with van der Waals surface area (Å²) in [5.74, 6) is 0. The summed E-state index contributed by atoms with van der Waals surface area (Å²) in [6, 6.07) is 5.26. The molecule has 3 rings (SSSR count).